The van der Waals surface area contributed by atoms with E-state index in [0.717, 1.165) is 6.20 Å². The monoisotopic (exact) mass is 334 g/mol. The van der Waals surface area contributed by atoms with Gasteiger partial charge < -0.3 is 10.2 Å². The molecule has 0 radical (unpaired) electrons. The summed E-state index contributed by atoms with van der Waals surface area (Å²) in [5, 5.41) is 19.1. The number of rotatable bonds is 4. The molecule has 2 rings (SSSR count). The summed E-state index contributed by atoms with van der Waals surface area (Å²) >= 11 is 0. The maximum Gasteiger partial charge on any atom is 0.330 e. The van der Waals surface area contributed by atoms with Gasteiger partial charge in [-0.1, -0.05) is 13.0 Å². The molecule has 0 aliphatic carbocycles. The Labute approximate surface area is 122 Å². The third-order valence-electron chi connectivity index (χ3n) is 2.84. The van der Waals surface area contributed by atoms with Crippen LogP contribution in [0.1, 0.15) is 12.5 Å². The lowest BCUT2D eigenvalue weighted by atomic mass is 10.2. The van der Waals surface area contributed by atoms with E-state index in [-0.39, 0.29) is 17.2 Å². The number of hydrogen-bond acceptors (Lipinski definition) is 6. The van der Waals surface area contributed by atoms with E-state index in [4.69, 9.17) is 0 Å². The van der Waals surface area contributed by atoms with Crippen LogP contribution in [-0.2, 0) is 25.8 Å². The normalized spacial score (nSPS) is 17.4. The highest BCUT2D eigenvalue weighted by Crippen LogP contribution is 2.32. The first-order valence-electron chi connectivity index (χ1n) is 5.90. The Hall–Kier alpha value is -1.94. The Bertz CT molecular complexity index is 798. The van der Waals surface area contributed by atoms with E-state index in [0.29, 0.717) is 9.87 Å². The topological polar surface area (TPSA) is 124 Å². The third-order valence-corrected chi connectivity index (χ3v) is 5.78. The van der Waals surface area contributed by atoms with Gasteiger partial charge in [-0.3, -0.25) is 0 Å². The van der Waals surface area contributed by atoms with Gasteiger partial charge in [0.15, 0.2) is 9.84 Å². The molecule has 1 aromatic carbocycles. The van der Waals surface area contributed by atoms with Crippen LogP contribution in [0.25, 0.3) is 0 Å². The van der Waals surface area contributed by atoms with Crippen molar-refractivity contribution in [3.05, 3.63) is 35.8 Å². The van der Waals surface area contributed by atoms with Gasteiger partial charge in [-0.15, -0.1) is 0 Å². The van der Waals surface area contributed by atoms with Gasteiger partial charge in [-0.25, -0.2) is 17.4 Å². The number of sulfone groups is 1. The number of benzene rings is 1. The molecule has 3 N–H and O–H groups in total. The zero-order valence-electron chi connectivity index (χ0n) is 11.0. The third kappa shape index (κ3) is 3.22. The summed E-state index contributed by atoms with van der Waals surface area (Å²) in [5.41, 5.74) is 0.250. The van der Waals surface area contributed by atoms with Crippen molar-refractivity contribution in [2.75, 3.05) is 10.1 Å². The second-order valence-corrected chi connectivity index (χ2v) is 8.32. The number of anilines is 1. The van der Waals surface area contributed by atoms with E-state index in [9.17, 15) is 27.0 Å². The molecule has 0 unspecified atom stereocenters. The molecule has 0 atom stereocenters. The van der Waals surface area contributed by atoms with E-state index < -0.39 is 31.7 Å². The summed E-state index contributed by atoms with van der Waals surface area (Å²) in [6.07, 6.45) is 0.896. The minimum atomic E-state index is -4.00. The quantitative estimate of drug-likeness (QED) is 0.729. The molecule has 10 heteroatoms. The van der Waals surface area contributed by atoms with Gasteiger partial charge in [0.05, 0.1) is 12.0 Å². The van der Waals surface area contributed by atoms with Crippen molar-refractivity contribution in [3.63, 3.8) is 0 Å². The number of phenolic OH excluding ortho intramolecular Hbond substituents is 1. The maximum absolute atomic E-state index is 11.7. The van der Waals surface area contributed by atoms with Crippen molar-refractivity contribution in [2.24, 2.45) is 0 Å². The summed E-state index contributed by atoms with van der Waals surface area (Å²) in [4.78, 5) is 0. The molecule has 0 fully saturated rings. The van der Waals surface area contributed by atoms with Crippen LogP contribution in [0.2, 0.25) is 0 Å². The highest BCUT2D eigenvalue weighted by molar-refractivity contribution is 7.91. The number of aliphatic hydroxyl groups excluding tert-OH is 1. The summed E-state index contributed by atoms with van der Waals surface area (Å²) in [6.45, 7) is 1.51. The number of nitrogens with one attached hydrogen (secondary N) is 1. The van der Waals surface area contributed by atoms with Crippen molar-refractivity contribution < 1.29 is 27.0 Å². The highest BCUT2D eigenvalue weighted by Gasteiger charge is 2.30. The first kappa shape index (κ1) is 15.4. The average molecular weight is 334 g/mol. The Morgan fingerprint density at radius 2 is 1.95 bits per heavy atom. The number of aliphatic hydroxyl groups is 1. The van der Waals surface area contributed by atoms with Crippen LogP contribution >= 0.6 is 0 Å². The predicted octanol–water partition coefficient (Wildman–Crippen LogP) is 0.338. The molecule has 0 saturated heterocycles. The minimum Gasteiger partial charge on any atom is -0.506 e. The molecule has 1 aromatic rings. The lowest BCUT2D eigenvalue weighted by Crippen LogP contribution is -2.29. The van der Waals surface area contributed by atoms with Crippen LogP contribution < -0.4 is 9.03 Å². The van der Waals surface area contributed by atoms with Gasteiger partial charge in [-0.05, 0) is 17.7 Å². The number of hydrogen-bond donors (Lipinski definition) is 3. The fraction of sp³-hybridized carbons (Fsp3) is 0.273. The van der Waals surface area contributed by atoms with Crippen molar-refractivity contribution >= 4 is 25.7 Å². The number of aromatic hydroxyl groups is 1. The predicted molar refractivity (Wildman–Crippen MR) is 76.5 cm³/mol. The first-order chi connectivity index (χ1) is 9.64. The molecule has 0 aromatic heterocycles. The Morgan fingerprint density at radius 1 is 1.29 bits per heavy atom. The Kier molecular flexibility index (Phi) is 3.76. The second kappa shape index (κ2) is 5.11. The van der Waals surface area contributed by atoms with Gasteiger partial charge in [0.2, 0.25) is 5.88 Å². The lowest BCUT2D eigenvalue weighted by molar-refractivity contribution is 0.392. The van der Waals surface area contributed by atoms with Crippen LogP contribution in [0.15, 0.2) is 30.3 Å². The van der Waals surface area contributed by atoms with E-state index in [1.165, 1.54) is 25.1 Å². The number of phenols is 1. The van der Waals surface area contributed by atoms with Gasteiger partial charge >= 0.3 is 10.2 Å². The zero-order chi connectivity index (χ0) is 15.8. The number of nitrogens with zero attached hydrogens (tertiary/aromatic N) is 1. The second-order valence-electron chi connectivity index (χ2n) is 4.42. The SMILES string of the molecule is CCS(=O)(=O)Cc1ccc(N2C=C(O)NS2(=O)=O)c(O)c1. The van der Waals surface area contributed by atoms with Gasteiger partial charge in [0, 0.05) is 5.75 Å². The highest BCUT2D eigenvalue weighted by atomic mass is 32.2. The molecule has 0 amide bonds. The van der Waals surface area contributed by atoms with Crippen molar-refractivity contribution in [1.82, 2.24) is 4.72 Å². The fourth-order valence-electron chi connectivity index (χ4n) is 1.79. The Morgan fingerprint density at radius 3 is 2.43 bits per heavy atom. The largest absolute Gasteiger partial charge is 0.506 e. The van der Waals surface area contributed by atoms with Crippen LogP contribution in [0, 0.1) is 0 Å². The van der Waals surface area contributed by atoms with Crippen LogP contribution in [0.5, 0.6) is 5.75 Å². The van der Waals surface area contributed by atoms with Crippen molar-refractivity contribution in [1.29, 1.82) is 0 Å². The molecule has 8 nitrogen and oxygen atoms in total. The van der Waals surface area contributed by atoms with Gasteiger partial charge in [0.1, 0.15) is 11.4 Å². The van der Waals surface area contributed by atoms with E-state index in [2.05, 4.69) is 0 Å². The maximum atomic E-state index is 11.7. The molecular formula is C11H14N2O6S2. The summed E-state index contributed by atoms with van der Waals surface area (Å²) < 4.78 is 48.9. The van der Waals surface area contributed by atoms with E-state index in [1.54, 1.807) is 0 Å². The van der Waals surface area contributed by atoms with Crippen LogP contribution in [0.3, 0.4) is 0 Å². The molecule has 116 valence electrons. The fourth-order valence-corrected chi connectivity index (χ4v) is 3.75. The molecular weight excluding hydrogens is 320 g/mol. The lowest BCUT2D eigenvalue weighted by Gasteiger charge is -2.16. The summed E-state index contributed by atoms with van der Waals surface area (Å²) in [7, 11) is -7.26. The standard InChI is InChI=1S/C11H14N2O6S2/c1-2-20(16,17)7-8-3-4-9(10(14)5-8)13-6-11(15)12-21(13,18)19/h3-6,12,14-15H,2,7H2,1H3. The molecule has 1 aliphatic heterocycles. The average Bonchev–Trinajstić information content (AvgIpc) is 2.62. The molecule has 21 heavy (non-hydrogen) atoms. The van der Waals surface area contributed by atoms with Crippen LogP contribution in [0.4, 0.5) is 5.69 Å². The molecule has 1 heterocycles. The first-order valence-corrected chi connectivity index (χ1v) is 9.16. The Balaban J connectivity index is 2.37. The van der Waals surface area contributed by atoms with E-state index in [1.807, 2.05) is 4.72 Å². The van der Waals surface area contributed by atoms with Crippen molar-refractivity contribution in [3.8, 4) is 5.75 Å². The molecule has 0 bridgehead atoms. The summed E-state index contributed by atoms with van der Waals surface area (Å²) in [5.74, 6) is -1.26. The van der Waals surface area contributed by atoms with E-state index >= 15 is 0 Å². The molecule has 0 saturated carbocycles. The summed E-state index contributed by atoms with van der Waals surface area (Å²) in [6, 6.07) is 3.85. The van der Waals surface area contributed by atoms with Gasteiger partial charge in [0.25, 0.3) is 0 Å². The zero-order valence-corrected chi connectivity index (χ0v) is 12.6. The van der Waals surface area contributed by atoms with Gasteiger partial charge in [-0.2, -0.15) is 8.42 Å². The minimum absolute atomic E-state index is 0.0312. The smallest absolute Gasteiger partial charge is 0.330 e. The van der Waals surface area contributed by atoms with Crippen LogP contribution in [-0.4, -0.2) is 32.8 Å². The molecule has 0 spiro atoms. The van der Waals surface area contributed by atoms with Crippen molar-refractivity contribution in [2.45, 2.75) is 12.7 Å². The molecule has 1 aliphatic rings.